The summed E-state index contributed by atoms with van der Waals surface area (Å²) in [6, 6.07) is 3.56. The van der Waals surface area contributed by atoms with Gasteiger partial charge in [0.15, 0.2) is 6.04 Å². The molecule has 0 saturated heterocycles. The Morgan fingerprint density at radius 3 is 2.40 bits per heavy atom. The topological polar surface area (TPSA) is 29.4 Å². The molecule has 80 valence electrons. The van der Waals surface area contributed by atoms with Gasteiger partial charge in [0.2, 0.25) is 6.08 Å². The van der Waals surface area contributed by atoms with Crippen molar-refractivity contribution < 1.29 is 18.0 Å². The lowest BCUT2D eigenvalue weighted by molar-refractivity contribution is -0.148. The first kappa shape index (κ1) is 11.9. The van der Waals surface area contributed by atoms with Gasteiger partial charge in [-0.05, 0) is 6.07 Å². The molecule has 1 aromatic carbocycles. The molecular formula is C9H5BrF3NO. The van der Waals surface area contributed by atoms with Crippen molar-refractivity contribution in [2.24, 2.45) is 4.99 Å². The first-order valence-corrected chi connectivity index (χ1v) is 4.64. The maximum Gasteiger partial charge on any atom is 0.415 e. The van der Waals surface area contributed by atoms with Crippen molar-refractivity contribution in [1.82, 2.24) is 0 Å². The monoisotopic (exact) mass is 279 g/mol. The van der Waals surface area contributed by atoms with Crippen LogP contribution in [0.25, 0.3) is 0 Å². The molecule has 0 spiro atoms. The normalized spacial score (nSPS) is 13.1. The first-order chi connectivity index (χ1) is 6.96. The third-order valence-electron chi connectivity index (χ3n) is 1.69. The van der Waals surface area contributed by atoms with E-state index in [0.717, 1.165) is 6.08 Å². The van der Waals surface area contributed by atoms with Crippen LogP contribution in [0.5, 0.6) is 0 Å². The molecule has 1 unspecified atom stereocenters. The fourth-order valence-electron chi connectivity index (χ4n) is 1.07. The van der Waals surface area contributed by atoms with E-state index in [9.17, 15) is 18.0 Å². The summed E-state index contributed by atoms with van der Waals surface area (Å²) in [7, 11) is 0. The molecule has 1 atom stereocenters. The van der Waals surface area contributed by atoms with Crippen molar-refractivity contribution in [3.05, 3.63) is 34.3 Å². The Hall–Kier alpha value is -1.13. The van der Waals surface area contributed by atoms with E-state index in [2.05, 4.69) is 20.9 Å². The largest absolute Gasteiger partial charge is 0.415 e. The van der Waals surface area contributed by atoms with Crippen molar-refractivity contribution in [3.8, 4) is 0 Å². The summed E-state index contributed by atoms with van der Waals surface area (Å²) in [5, 5.41) is 0. The number of alkyl halides is 3. The maximum atomic E-state index is 12.5. The number of nitrogens with zero attached hydrogens (tertiary/aromatic N) is 1. The fourth-order valence-corrected chi connectivity index (χ4v) is 1.57. The minimum atomic E-state index is -4.60. The van der Waals surface area contributed by atoms with Gasteiger partial charge in [-0.15, -0.1) is 0 Å². The summed E-state index contributed by atoms with van der Waals surface area (Å²) in [4.78, 5) is 12.7. The Bertz CT molecular complexity index is 399. The second-order valence-electron chi connectivity index (χ2n) is 2.69. The molecule has 0 N–H and O–H groups in total. The Kier molecular flexibility index (Phi) is 3.66. The molecule has 0 fully saturated rings. The Morgan fingerprint density at radius 1 is 1.33 bits per heavy atom. The quantitative estimate of drug-likeness (QED) is 0.603. The van der Waals surface area contributed by atoms with E-state index < -0.39 is 12.2 Å². The van der Waals surface area contributed by atoms with Crippen LogP contribution < -0.4 is 0 Å². The highest BCUT2D eigenvalue weighted by molar-refractivity contribution is 9.10. The third kappa shape index (κ3) is 2.91. The van der Waals surface area contributed by atoms with Gasteiger partial charge in [-0.25, -0.2) is 4.79 Å². The number of carbonyl (C=O) groups excluding carboxylic acids is 1. The van der Waals surface area contributed by atoms with Crippen LogP contribution >= 0.6 is 15.9 Å². The number of isocyanates is 1. The van der Waals surface area contributed by atoms with Crippen LogP contribution in [0, 0.1) is 0 Å². The fraction of sp³-hybridized carbons (Fsp3) is 0.222. The van der Waals surface area contributed by atoms with E-state index >= 15 is 0 Å². The van der Waals surface area contributed by atoms with Gasteiger partial charge in [-0.3, -0.25) is 0 Å². The number of hydrogen-bond donors (Lipinski definition) is 0. The number of rotatable bonds is 2. The molecule has 0 aliphatic carbocycles. The lowest BCUT2D eigenvalue weighted by Gasteiger charge is -2.15. The number of aliphatic imine (C=N–C) groups is 1. The standard InChI is InChI=1S/C9H5BrF3NO/c10-7-4-2-1-3-6(7)8(14-5-15)9(11,12)13/h1-4,8H. The molecule has 15 heavy (non-hydrogen) atoms. The van der Waals surface area contributed by atoms with E-state index in [4.69, 9.17) is 0 Å². The minimum absolute atomic E-state index is 0.103. The highest BCUT2D eigenvalue weighted by Gasteiger charge is 2.41. The molecule has 0 bridgehead atoms. The number of halogens is 4. The molecule has 0 aliphatic heterocycles. The molecule has 0 radical (unpaired) electrons. The highest BCUT2D eigenvalue weighted by Crippen LogP contribution is 2.38. The van der Waals surface area contributed by atoms with Gasteiger partial charge in [0.1, 0.15) is 0 Å². The number of hydrogen-bond acceptors (Lipinski definition) is 2. The lowest BCUT2D eigenvalue weighted by Crippen LogP contribution is -2.19. The van der Waals surface area contributed by atoms with Crippen molar-refractivity contribution in [2.45, 2.75) is 12.2 Å². The average Bonchev–Trinajstić information content (AvgIpc) is 2.14. The van der Waals surface area contributed by atoms with E-state index in [-0.39, 0.29) is 10.0 Å². The van der Waals surface area contributed by atoms with Crippen LogP contribution in [0.2, 0.25) is 0 Å². The summed E-state index contributed by atoms with van der Waals surface area (Å²) >= 11 is 2.97. The summed E-state index contributed by atoms with van der Waals surface area (Å²) in [5.41, 5.74) is -0.103. The first-order valence-electron chi connectivity index (χ1n) is 3.85. The smallest absolute Gasteiger partial charge is 0.211 e. The Balaban J connectivity index is 3.22. The van der Waals surface area contributed by atoms with Gasteiger partial charge in [0, 0.05) is 10.0 Å². The zero-order valence-electron chi connectivity index (χ0n) is 7.25. The van der Waals surface area contributed by atoms with Crippen LogP contribution in [0.1, 0.15) is 11.6 Å². The summed E-state index contributed by atoms with van der Waals surface area (Å²) in [5.74, 6) is 0. The molecule has 1 rings (SSSR count). The molecule has 0 amide bonds. The van der Waals surface area contributed by atoms with Gasteiger partial charge in [-0.1, -0.05) is 34.1 Å². The van der Waals surface area contributed by atoms with Crippen molar-refractivity contribution in [1.29, 1.82) is 0 Å². The van der Waals surface area contributed by atoms with Crippen LogP contribution in [-0.4, -0.2) is 12.3 Å². The van der Waals surface area contributed by atoms with Crippen molar-refractivity contribution in [2.75, 3.05) is 0 Å². The molecule has 1 aromatic rings. The molecule has 0 saturated carbocycles. The second-order valence-corrected chi connectivity index (χ2v) is 3.54. The van der Waals surface area contributed by atoms with Gasteiger partial charge >= 0.3 is 6.18 Å². The maximum absolute atomic E-state index is 12.5. The van der Waals surface area contributed by atoms with E-state index in [1.807, 2.05) is 0 Å². The van der Waals surface area contributed by atoms with Gasteiger partial charge in [-0.2, -0.15) is 18.2 Å². The summed E-state index contributed by atoms with van der Waals surface area (Å²) < 4.78 is 37.7. The molecule has 0 aliphatic rings. The zero-order chi connectivity index (χ0) is 11.5. The molecule has 6 heteroatoms. The van der Waals surface area contributed by atoms with Crippen molar-refractivity contribution in [3.63, 3.8) is 0 Å². The summed E-state index contributed by atoms with van der Waals surface area (Å²) in [6.07, 6.45) is -3.66. The zero-order valence-corrected chi connectivity index (χ0v) is 8.84. The lowest BCUT2D eigenvalue weighted by atomic mass is 10.1. The molecular weight excluding hydrogens is 275 g/mol. The Morgan fingerprint density at radius 2 is 1.93 bits per heavy atom. The van der Waals surface area contributed by atoms with Gasteiger partial charge < -0.3 is 0 Å². The predicted octanol–water partition coefficient (Wildman–Crippen LogP) is 3.39. The van der Waals surface area contributed by atoms with E-state index in [0.29, 0.717) is 0 Å². The van der Waals surface area contributed by atoms with Crippen LogP contribution in [0.15, 0.2) is 33.7 Å². The van der Waals surface area contributed by atoms with Gasteiger partial charge in [0.05, 0.1) is 0 Å². The number of benzene rings is 1. The molecule has 2 nitrogen and oxygen atoms in total. The second kappa shape index (κ2) is 4.59. The van der Waals surface area contributed by atoms with E-state index in [1.54, 1.807) is 6.07 Å². The minimum Gasteiger partial charge on any atom is -0.211 e. The van der Waals surface area contributed by atoms with Gasteiger partial charge in [0.25, 0.3) is 0 Å². The summed E-state index contributed by atoms with van der Waals surface area (Å²) in [6.45, 7) is 0. The average molecular weight is 280 g/mol. The van der Waals surface area contributed by atoms with Crippen LogP contribution in [-0.2, 0) is 4.79 Å². The highest BCUT2D eigenvalue weighted by atomic mass is 79.9. The Labute approximate surface area is 91.9 Å². The molecule has 0 heterocycles. The van der Waals surface area contributed by atoms with E-state index in [1.165, 1.54) is 18.2 Å². The SMILES string of the molecule is O=C=NC(c1ccccc1Br)C(F)(F)F. The molecule has 0 aromatic heterocycles. The third-order valence-corrected chi connectivity index (χ3v) is 2.41. The van der Waals surface area contributed by atoms with Crippen LogP contribution in [0.4, 0.5) is 13.2 Å². The predicted molar refractivity (Wildman–Crippen MR) is 51.1 cm³/mol. The van der Waals surface area contributed by atoms with Crippen molar-refractivity contribution >= 4 is 22.0 Å². The van der Waals surface area contributed by atoms with Crippen LogP contribution in [0.3, 0.4) is 0 Å².